The molecule has 0 saturated carbocycles. The normalized spacial score (nSPS) is 12.8. The van der Waals surface area contributed by atoms with E-state index >= 15 is 0 Å². The van der Waals surface area contributed by atoms with Gasteiger partial charge in [0.05, 0.1) is 0 Å². The van der Waals surface area contributed by atoms with E-state index in [1.807, 2.05) is 0 Å². The molecule has 0 aromatic heterocycles. The van der Waals surface area contributed by atoms with E-state index in [1.54, 1.807) is 0 Å². The maximum Gasteiger partial charge on any atom is 3.00 e. The molecule has 1 aliphatic carbocycles. The average molecular weight is 283 g/mol. The van der Waals surface area contributed by atoms with E-state index in [1.165, 1.54) is 12.0 Å². The molecule has 0 spiro atoms. The van der Waals surface area contributed by atoms with Crippen LogP contribution >= 0.6 is 0 Å². The van der Waals surface area contributed by atoms with Crippen molar-refractivity contribution in [1.29, 1.82) is 0 Å². The quantitative estimate of drug-likeness (QED) is 0.467. The van der Waals surface area contributed by atoms with Gasteiger partial charge in [-0.15, -0.1) is 6.42 Å². The molecule has 0 atom stereocenters. The summed E-state index contributed by atoms with van der Waals surface area (Å²) in [4.78, 5) is 0. The van der Waals surface area contributed by atoms with Gasteiger partial charge in [0.1, 0.15) is 0 Å². The second-order valence-corrected chi connectivity index (χ2v) is 2.91. The Hall–Kier alpha value is 0.943. The minimum atomic E-state index is 0. The molecule has 67 valence electrons. The molecular weight excluding hydrogens is 270 g/mol. The van der Waals surface area contributed by atoms with Crippen LogP contribution in [-0.2, 0) is 26.2 Å². The van der Waals surface area contributed by atoms with Crippen molar-refractivity contribution in [3.8, 4) is 0 Å². The number of halogens is 2. The van der Waals surface area contributed by atoms with E-state index in [4.69, 9.17) is 0 Å². The first-order valence-electron chi connectivity index (χ1n) is 3.55. The predicted molar refractivity (Wildman–Crippen MR) is 40.0 cm³/mol. The smallest absolute Gasteiger partial charge is 1.00 e. The van der Waals surface area contributed by atoms with E-state index in [-0.39, 0.29) is 51.0 Å². The molecule has 0 aliphatic heterocycles. The zero-order valence-electron chi connectivity index (χ0n) is 7.40. The van der Waals surface area contributed by atoms with Gasteiger partial charge in [0.15, 0.2) is 0 Å². The van der Waals surface area contributed by atoms with Crippen molar-refractivity contribution in [2.75, 3.05) is 0 Å². The molecule has 0 nitrogen and oxygen atoms in total. The Kier molecular flexibility index (Phi) is 15.6. The summed E-state index contributed by atoms with van der Waals surface area (Å²) in [6, 6.07) is 0. The van der Waals surface area contributed by atoms with Gasteiger partial charge in [-0.2, -0.15) is 6.08 Å². The molecule has 0 fully saturated rings. The molecule has 0 saturated heterocycles. The molecule has 1 radical (unpaired) electrons. The zero-order chi connectivity index (χ0) is 6.69. The van der Waals surface area contributed by atoms with Crippen LogP contribution in [0.4, 0.5) is 0 Å². The summed E-state index contributed by atoms with van der Waals surface area (Å²) in [7, 11) is 0. The fraction of sp³-hybridized carbons (Fsp3) is 0.556. The Labute approximate surface area is 107 Å². The van der Waals surface area contributed by atoms with Gasteiger partial charge in [0.25, 0.3) is 0 Å². The van der Waals surface area contributed by atoms with Crippen molar-refractivity contribution in [3.05, 3.63) is 23.8 Å². The third kappa shape index (κ3) is 7.58. The van der Waals surface area contributed by atoms with E-state index in [2.05, 4.69) is 32.1 Å². The fourth-order valence-electron chi connectivity index (χ4n) is 1.03. The van der Waals surface area contributed by atoms with Crippen molar-refractivity contribution in [2.24, 2.45) is 5.92 Å². The molecule has 0 unspecified atom stereocenters. The van der Waals surface area contributed by atoms with Crippen LogP contribution in [0.3, 0.4) is 0 Å². The van der Waals surface area contributed by atoms with E-state index in [9.17, 15) is 0 Å². The van der Waals surface area contributed by atoms with Gasteiger partial charge in [-0.3, -0.25) is 6.08 Å². The minimum absolute atomic E-state index is 0. The maximum absolute atomic E-state index is 3.29. The van der Waals surface area contributed by atoms with Gasteiger partial charge in [0.2, 0.25) is 0 Å². The van der Waals surface area contributed by atoms with Gasteiger partial charge in [-0.1, -0.05) is 20.3 Å². The Balaban J connectivity index is -0.000000270. The summed E-state index contributed by atoms with van der Waals surface area (Å²) >= 11 is 0. The van der Waals surface area contributed by atoms with Gasteiger partial charge < -0.3 is 24.8 Å². The van der Waals surface area contributed by atoms with Crippen LogP contribution in [0.25, 0.3) is 0 Å². The molecule has 0 aromatic rings. The first kappa shape index (κ1) is 18.7. The average Bonchev–Trinajstić information content (AvgIpc) is 2.15. The van der Waals surface area contributed by atoms with E-state index in [0.717, 1.165) is 12.3 Å². The van der Waals surface area contributed by atoms with Crippen molar-refractivity contribution < 1.29 is 51.0 Å². The molecule has 0 N–H and O–H groups in total. The molecule has 0 bridgehead atoms. The molecule has 1 rings (SSSR count). The predicted octanol–water partition coefficient (Wildman–Crippen LogP) is -3.27. The minimum Gasteiger partial charge on any atom is -1.00 e. The number of allylic oxidation sites excluding steroid dienone is 4. The maximum atomic E-state index is 3.29. The third-order valence-electron chi connectivity index (χ3n) is 1.39. The summed E-state index contributed by atoms with van der Waals surface area (Å²) in [5, 5.41) is 0. The SMILES string of the molecule is CC(C)CC1=[C-]CC=C1.[Cl-].[Cl-].[Zr+3]. The van der Waals surface area contributed by atoms with Crippen LogP contribution in [0.15, 0.2) is 17.7 Å². The first-order valence-corrected chi connectivity index (χ1v) is 3.55. The molecular formula is C9H13Cl2Zr. The van der Waals surface area contributed by atoms with Gasteiger partial charge >= 0.3 is 26.2 Å². The Morgan fingerprint density at radius 2 is 2.00 bits per heavy atom. The van der Waals surface area contributed by atoms with Gasteiger partial charge in [0, 0.05) is 0 Å². The Bertz CT molecular complexity index is 151. The Morgan fingerprint density at radius 3 is 2.33 bits per heavy atom. The fourth-order valence-corrected chi connectivity index (χ4v) is 1.03. The van der Waals surface area contributed by atoms with Crippen LogP contribution in [0.5, 0.6) is 0 Å². The Morgan fingerprint density at radius 1 is 1.42 bits per heavy atom. The van der Waals surface area contributed by atoms with Crippen molar-refractivity contribution in [1.82, 2.24) is 0 Å². The van der Waals surface area contributed by atoms with Crippen LogP contribution in [-0.4, -0.2) is 0 Å². The van der Waals surface area contributed by atoms with Crippen LogP contribution in [0.2, 0.25) is 0 Å². The molecule has 3 heteroatoms. The largest absolute Gasteiger partial charge is 3.00 e. The van der Waals surface area contributed by atoms with Gasteiger partial charge in [-0.25, -0.2) is 11.6 Å². The van der Waals surface area contributed by atoms with Crippen LogP contribution in [0.1, 0.15) is 26.7 Å². The summed E-state index contributed by atoms with van der Waals surface area (Å²) < 4.78 is 0. The van der Waals surface area contributed by atoms with E-state index in [0.29, 0.717) is 0 Å². The summed E-state index contributed by atoms with van der Waals surface area (Å²) in [6.45, 7) is 4.47. The molecule has 1 aliphatic rings. The van der Waals surface area contributed by atoms with Crippen molar-refractivity contribution >= 4 is 0 Å². The second kappa shape index (κ2) is 10.0. The van der Waals surface area contributed by atoms with Crippen molar-refractivity contribution in [3.63, 3.8) is 0 Å². The number of hydrogen-bond acceptors (Lipinski definition) is 0. The molecule has 12 heavy (non-hydrogen) atoms. The number of rotatable bonds is 2. The standard InChI is InChI=1S/C9H13.2ClH.Zr/c1-8(2)7-9-5-3-4-6-9;;;/h3,5,8H,4,7H2,1-2H3;2*1H;/q-1;;;+3/p-2. The summed E-state index contributed by atoms with van der Waals surface area (Å²) in [5.41, 5.74) is 1.39. The zero-order valence-corrected chi connectivity index (χ0v) is 11.4. The molecule has 0 heterocycles. The van der Waals surface area contributed by atoms with Gasteiger partial charge in [-0.05, 0) is 5.92 Å². The van der Waals surface area contributed by atoms with E-state index < -0.39 is 0 Å². The van der Waals surface area contributed by atoms with Crippen LogP contribution < -0.4 is 24.8 Å². The number of hydrogen-bond donors (Lipinski definition) is 0. The second-order valence-electron chi connectivity index (χ2n) is 2.91. The van der Waals surface area contributed by atoms with Crippen LogP contribution in [0, 0.1) is 12.0 Å². The third-order valence-corrected chi connectivity index (χ3v) is 1.39. The monoisotopic (exact) mass is 281 g/mol. The molecule has 0 aromatic carbocycles. The molecule has 0 amide bonds. The first-order chi connectivity index (χ1) is 4.29. The topological polar surface area (TPSA) is 0 Å². The van der Waals surface area contributed by atoms with Crippen molar-refractivity contribution in [2.45, 2.75) is 26.7 Å². The summed E-state index contributed by atoms with van der Waals surface area (Å²) in [6.07, 6.45) is 9.86. The summed E-state index contributed by atoms with van der Waals surface area (Å²) in [5.74, 6) is 0.773.